The van der Waals surface area contributed by atoms with Crippen LogP contribution in [0.5, 0.6) is 17.4 Å². The van der Waals surface area contributed by atoms with Crippen LogP contribution < -0.4 is 14.8 Å². The zero-order valence-electron chi connectivity index (χ0n) is 10.7. The van der Waals surface area contributed by atoms with Crippen LogP contribution in [0.3, 0.4) is 0 Å². The topological polar surface area (TPSA) is 56.3 Å². The standard InChI is InChI=1S/C13H14BrN3O2/c1-3-15-12-11(18-2)13(17-8-16-12)19-10-6-4-9(14)5-7-10/h4-8H,3H2,1-2H3,(H,15,16,17). The van der Waals surface area contributed by atoms with Crippen LogP contribution in [0.2, 0.25) is 0 Å². The molecule has 0 atom stereocenters. The Labute approximate surface area is 120 Å². The van der Waals surface area contributed by atoms with Crippen molar-refractivity contribution in [2.45, 2.75) is 6.92 Å². The van der Waals surface area contributed by atoms with Crippen molar-refractivity contribution < 1.29 is 9.47 Å². The summed E-state index contributed by atoms with van der Waals surface area (Å²) < 4.78 is 12.0. The van der Waals surface area contributed by atoms with Crippen molar-refractivity contribution in [1.29, 1.82) is 0 Å². The van der Waals surface area contributed by atoms with Gasteiger partial charge >= 0.3 is 0 Å². The molecular weight excluding hydrogens is 310 g/mol. The van der Waals surface area contributed by atoms with Gasteiger partial charge in [-0.2, -0.15) is 4.98 Å². The van der Waals surface area contributed by atoms with Crippen molar-refractivity contribution >= 4 is 21.7 Å². The molecule has 1 aromatic heterocycles. The highest BCUT2D eigenvalue weighted by Gasteiger charge is 2.13. The molecule has 2 aromatic rings. The highest BCUT2D eigenvalue weighted by Crippen LogP contribution is 2.34. The summed E-state index contributed by atoms with van der Waals surface area (Å²) in [5.41, 5.74) is 0. The van der Waals surface area contributed by atoms with Gasteiger partial charge in [0.25, 0.3) is 5.88 Å². The molecule has 0 aliphatic rings. The summed E-state index contributed by atoms with van der Waals surface area (Å²) in [6.45, 7) is 2.72. The average molecular weight is 324 g/mol. The number of methoxy groups -OCH3 is 1. The minimum absolute atomic E-state index is 0.385. The van der Waals surface area contributed by atoms with Crippen LogP contribution in [-0.4, -0.2) is 23.6 Å². The molecule has 0 saturated carbocycles. The number of hydrogen-bond donors (Lipinski definition) is 1. The van der Waals surface area contributed by atoms with E-state index >= 15 is 0 Å². The van der Waals surface area contributed by atoms with E-state index in [2.05, 4.69) is 31.2 Å². The molecule has 1 N–H and O–H groups in total. The molecule has 0 aliphatic carbocycles. The van der Waals surface area contributed by atoms with Crippen molar-refractivity contribution in [2.24, 2.45) is 0 Å². The van der Waals surface area contributed by atoms with Gasteiger partial charge in [-0.15, -0.1) is 0 Å². The minimum atomic E-state index is 0.385. The molecule has 6 heteroatoms. The Morgan fingerprint density at radius 1 is 1.21 bits per heavy atom. The lowest BCUT2D eigenvalue weighted by Gasteiger charge is -2.12. The summed E-state index contributed by atoms with van der Waals surface area (Å²) in [5.74, 6) is 2.18. The summed E-state index contributed by atoms with van der Waals surface area (Å²) in [6.07, 6.45) is 1.44. The van der Waals surface area contributed by atoms with Crippen LogP contribution in [0.1, 0.15) is 6.92 Å². The number of ether oxygens (including phenoxy) is 2. The van der Waals surface area contributed by atoms with Crippen LogP contribution in [0.15, 0.2) is 35.1 Å². The number of anilines is 1. The predicted molar refractivity (Wildman–Crippen MR) is 77.0 cm³/mol. The number of aromatic nitrogens is 2. The monoisotopic (exact) mass is 323 g/mol. The smallest absolute Gasteiger partial charge is 0.268 e. The quantitative estimate of drug-likeness (QED) is 0.913. The Hall–Kier alpha value is -1.82. The van der Waals surface area contributed by atoms with E-state index in [1.807, 2.05) is 31.2 Å². The Morgan fingerprint density at radius 2 is 1.95 bits per heavy atom. The Balaban J connectivity index is 2.28. The lowest BCUT2D eigenvalue weighted by molar-refractivity contribution is 0.369. The number of rotatable bonds is 5. The van der Waals surface area contributed by atoms with Gasteiger partial charge in [-0.25, -0.2) is 4.98 Å². The molecule has 100 valence electrons. The molecule has 1 heterocycles. The van der Waals surface area contributed by atoms with Gasteiger partial charge in [-0.05, 0) is 31.2 Å². The molecule has 0 radical (unpaired) electrons. The highest BCUT2D eigenvalue weighted by molar-refractivity contribution is 9.10. The van der Waals surface area contributed by atoms with E-state index in [1.54, 1.807) is 7.11 Å². The number of hydrogen-bond acceptors (Lipinski definition) is 5. The zero-order valence-corrected chi connectivity index (χ0v) is 12.3. The predicted octanol–water partition coefficient (Wildman–Crippen LogP) is 3.47. The summed E-state index contributed by atoms with van der Waals surface area (Å²) in [5, 5.41) is 3.10. The van der Waals surface area contributed by atoms with Gasteiger partial charge in [0.2, 0.25) is 5.75 Å². The van der Waals surface area contributed by atoms with Gasteiger partial charge in [0, 0.05) is 11.0 Å². The van der Waals surface area contributed by atoms with Gasteiger partial charge in [0.1, 0.15) is 12.1 Å². The molecule has 1 aromatic carbocycles. The van der Waals surface area contributed by atoms with Crippen LogP contribution in [-0.2, 0) is 0 Å². The summed E-state index contributed by atoms with van der Waals surface area (Å²) in [7, 11) is 1.56. The molecule has 19 heavy (non-hydrogen) atoms. The van der Waals surface area contributed by atoms with Crippen molar-refractivity contribution in [3.05, 3.63) is 35.1 Å². The summed E-state index contributed by atoms with van der Waals surface area (Å²) in [6, 6.07) is 7.49. The van der Waals surface area contributed by atoms with Crippen molar-refractivity contribution in [3.63, 3.8) is 0 Å². The number of nitrogens with one attached hydrogen (secondary N) is 1. The first-order chi connectivity index (χ1) is 9.24. The van der Waals surface area contributed by atoms with Crippen molar-refractivity contribution in [3.8, 4) is 17.4 Å². The van der Waals surface area contributed by atoms with Gasteiger partial charge in [-0.3, -0.25) is 0 Å². The van der Waals surface area contributed by atoms with Crippen LogP contribution in [0, 0.1) is 0 Å². The molecule has 0 amide bonds. The normalized spacial score (nSPS) is 10.1. The minimum Gasteiger partial charge on any atom is -0.489 e. The molecule has 0 saturated heterocycles. The maximum absolute atomic E-state index is 5.71. The van der Waals surface area contributed by atoms with Gasteiger partial charge < -0.3 is 14.8 Å². The molecule has 0 fully saturated rings. The third-order valence-electron chi connectivity index (χ3n) is 2.35. The number of nitrogens with zero attached hydrogens (tertiary/aromatic N) is 2. The van der Waals surface area contributed by atoms with E-state index in [0.717, 1.165) is 11.0 Å². The van der Waals surface area contributed by atoms with Crippen LogP contribution >= 0.6 is 15.9 Å². The van der Waals surface area contributed by atoms with E-state index < -0.39 is 0 Å². The highest BCUT2D eigenvalue weighted by atomic mass is 79.9. The molecule has 0 bridgehead atoms. The van der Waals surface area contributed by atoms with Gasteiger partial charge in [0.05, 0.1) is 7.11 Å². The number of halogens is 1. The molecule has 0 spiro atoms. The number of benzene rings is 1. The first kappa shape index (κ1) is 13.6. The van der Waals surface area contributed by atoms with E-state index in [-0.39, 0.29) is 0 Å². The summed E-state index contributed by atoms with van der Waals surface area (Å²) >= 11 is 3.38. The molecule has 5 nitrogen and oxygen atoms in total. The Morgan fingerprint density at radius 3 is 2.58 bits per heavy atom. The molecule has 2 rings (SSSR count). The van der Waals surface area contributed by atoms with E-state index in [4.69, 9.17) is 9.47 Å². The second kappa shape index (κ2) is 6.38. The second-order valence-corrected chi connectivity index (χ2v) is 4.56. The maximum Gasteiger partial charge on any atom is 0.268 e. The Bertz CT molecular complexity index is 546. The lowest BCUT2D eigenvalue weighted by atomic mass is 10.3. The Kier molecular flexibility index (Phi) is 4.57. The maximum atomic E-state index is 5.71. The third-order valence-corrected chi connectivity index (χ3v) is 2.88. The lowest BCUT2D eigenvalue weighted by Crippen LogP contribution is -2.04. The fourth-order valence-electron chi connectivity index (χ4n) is 1.52. The van der Waals surface area contributed by atoms with E-state index in [9.17, 15) is 0 Å². The average Bonchev–Trinajstić information content (AvgIpc) is 2.42. The van der Waals surface area contributed by atoms with Crippen molar-refractivity contribution in [2.75, 3.05) is 19.0 Å². The van der Waals surface area contributed by atoms with Gasteiger partial charge in [0.15, 0.2) is 5.82 Å². The van der Waals surface area contributed by atoms with Crippen molar-refractivity contribution in [1.82, 2.24) is 9.97 Å². The van der Waals surface area contributed by atoms with E-state index in [0.29, 0.717) is 23.2 Å². The van der Waals surface area contributed by atoms with Crippen LogP contribution in [0.4, 0.5) is 5.82 Å². The second-order valence-electron chi connectivity index (χ2n) is 3.65. The van der Waals surface area contributed by atoms with Gasteiger partial charge in [-0.1, -0.05) is 15.9 Å². The van der Waals surface area contributed by atoms with Crippen LogP contribution in [0.25, 0.3) is 0 Å². The molecule has 0 aliphatic heterocycles. The summed E-state index contributed by atoms with van der Waals surface area (Å²) in [4.78, 5) is 8.22. The SMILES string of the molecule is CCNc1ncnc(Oc2ccc(Br)cc2)c1OC. The fraction of sp³-hybridized carbons (Fsp3) is 0.231. The first-order valence-corrected chi connectivity index (χ1v) is 6.60. The largest absolute Gasteiger partial charge is 0.489 e. The third kappa shape index (κ3) is 3.35. The first-order valence-electron chi connectivity index (χ1n) is 5.81. The van der Waals surface area contributed by atoms with E-state index in [1.165, 1.54) is 6.33 Å². The molecular formula is C13H14BrN3O2. The molecule has 0 unspecified atom stereocenters. The zero-order chi connectivity index (χ0) is 13.7. The fourth-order valence-corrected chi connectivity index (χ4v) is 1.79.